The minimum absolute atomic E-state index is 0.0987. The first kappa shape index (κ1) is 14.7. The lowest BCUT2D eigenvalue weighted by Crippen LogP contribution is -2.40. The molecule has 0 radical (unpaired) electrons. The minimum Gasteiger partial charge on any atom is -0.396 e. The van der Waals surface area contributed by atoms with Gasteiger partial charge in [-0.25, -0.2) is 9.67 Å². The van der Waals surface area contributed by atoms with Crippen molar-refractivity contribution in [2.75, 3.05) is 6.61 Å². The fraction of sp³-hybridized carbons (Fsp3) is 0.467. The molecule has 2 rings (SSSR count). The highest BCUT2D eigenvalue weighted by Gasteiger charge is 2.37. The van der Waals surface area contributed by atoms with Gasteiger partial charge in [0.2, 0.25) is 0 Å². The Bertz CT molecular complexity index is 569. The van der Waals surface area contributed by atoms with Crippen molar-refractivity contribution in [2.45, 2.75) is 32.9 Å². The van der Waals surface area contributed by atoms with Crippen LogP contribution in [-0.4, -0.2) is 31.6 Å². The Hall–Kier alpha value is -1.72. The van der Waals surface area contributed by atoms with Gasteiger partial charge in [0.1, 0.15) is 18.3 Å². The lowest BCUT2D eigenvalue weighted by molar-refractivity contribution is -0.0545. The van der Waals surface area contributed by atoms with E-state index in [0.717, 1.165) is 16.7 Å². The van der Waals surface area contributed by atoms with Gasteiger partial charge in [0, 0.05) is 12.5 Å². The van der Waals surface area contributed by atoms with E-state index in [2.05, 4.69) is 10.1 Å². The summed E-state index contributed by atoms with van der Waals surface area (Å²) in [6, 6.07) is 5.93. The minimum atomic E-state index is -1.18. The zero-order valence-corrected chi connectivity index (χ0v) is 12.1. The van der Waals surface area contributed by atoms with Gasteiger partial charge in [-0.3, -0.25) is 0 Å². The topological polar surface area (TPSA) is 71.2 Å². The highest BCUT2D eigenvalue weighted by atomic mass is 16.3. The van der Waals surface area contributed by atoms with Crippen LogP contribution in [0.5, 0.6) is 0 Å². The number of aliphatic hydroxyl groups is 2. The molecular formula is C15H21N3O2. The summed E-state index contributed by atoms with van der Waals surface area (Å²) < 4.78 is 1.59. The molecule has 0 bridgehead atoms. The fourth-order valence-corrected chi connectivity index (χ4v) is 2.52. The molecule has 0 aliphatic carbocycles. The van der Waals surface area contributed by atoms with Crippen LogP contribution in [0.25, 0.3) is 0 Å². The number of aliphatic hydroxyl groups excluding tert-OH is 1. The van der Waals surface area contributed by atoms with Gasteiger partial charge in [-0.2, -0.15) is 5.10 Å². The Balaban J connectivity index is 2.45. The molecule has 0 aliphatic rings. The van der Waals surface area contributed by atoms with Crippen LogP contribution in [0.2, 0.25) is 0 Å². The highest BCUT2D eigenvalue weighted by Crippen LogP contribution is 2.33. The van der Waals surface area contributed by atoms with Crippen LogP contribution < -0.4 is 0 Å². The van der Waals surface area contributed by atoms with E-state index in [1.807, 2.05) is 39.0 Å². The molecule has 108 valence electrons. The highest BCUT2D eigenvalue weighted by molar-refractivity contribution is 5.35. The van der Waals surface area contributed by atoms with Gasteiger partial charge in [0.25, 0.3) is 0 Å². The summed E-state index contributed by atoms with van der Waals surface area (Å²) in [5.74, 6) is -0.312. The molecule has 5 heteroatoms. The first-order valence-electron chi connectivity index (χ1n) is 6.70. The third-order valence-electron chi connectivity index (χ3n) is 3.81. The molecule has 1 aromatic heterocycles. The molecule has 0 fully saturated rings. The van der Waals surface area contributed by atoms with E-state index in [1.54, 1.807) is 11.0 Å². The second-order valence-electron chi connectivity index (χ2n) is 5.42. The van der Waals surface area contributed by atoms with Crippen LogP contribution in [0.4, 0.5) is 0 Å². The summed E-state index contributed by atoms with van der Waals surface area (Å²) in [5.41, 5.74) is 1.79. The average Bonchev–Trinajstić information content (AvgIpc) is 2.90. The van der Waals surface area contributed by atoms with Gasteiger partial charge in [0.15, 0.2) is 0 Å². The summed E-state index contributed by atoms with van der Waals surface area (Å²) >= 11 is 0. The summed E-state index contributed by atoms with van der Waals surface area (Å²) in [4.78, 5) is 3.90. The zero-order valence-electron chi connectivity index (χ0n) is 12.1. The molecule has 2 atom stereocenters. The lowest BCUT2D eigenvalue weighted by Gasteiger charge is -2.35. The number of hydrogen-bond acceptors (Lipinski definition) is 4. The molecule has 1 heterocycles. The Labute approximate surface area is 118 Å². The predicted molar refractivity (Wildman–Crippen MR) is 76.1 cm³/mol. The van der Waals surface area contributed by atoms with E-state index in [9.17, 15) is 10.2 Å². The number of nitrogens with zero attached hydrogens (tertiary/aromatic N) is 3. The molecule has 1 aromatic carbocycles. The van der Waals surface area contributed by atoms with E-state index in [1.165, 1.54) is 6.33 Å². The van der Waals surface area contributed by atoms with Crippen molar-refractivity contribution in [3.8, 4) is 0 Å². The number of hydrogen-bond donors (Lipinski definition) is 2. The van der Waals surface area contributed by atoms with Crippen LogP contribution in [0, 0.1) is 19.8 Å². The van der Waals surface area contributed by atoms with E-state index in [-0.39, 0.29) is 19.1 Å². The molecule has 2 N–H and O–H groups in total. The van der Waals surface area contributed by atoms with Gasteiger partial charge in [-0.05, 0) is 25.0 Å². The third kappa shape index (κ3) is 2.73. The molecule has 0 spiro atoms. The Kier molecular flexibility index (Phi) is 4.20. The second-order valence-corrected chi connectivity index (χ2v) is 5.42. The van der Waals surface area contributed by atoms with Crippen molar-refractivity contribution in [1.29, 1.82) is 0 Å². The quantitative estimate of drug-likeness (QED) is 0.865. The van der Waals surface area contributed by atoms with E-state index >= 15 is 0 Å². The number of rotatable bonds is 5. The van der Waals surface area contributed by atoms with Gasteiger partial charge >= 0.3 is 0 Å². The van der Waals surface area contributed by atoms with Gasteiger partial charge in [-0.1, -0.05) is 30.7 Å². The standard InChI is InChI=1S/C15H21N3O2/c1-11-4-5-14(12(2)6-11)15(20,13(3)7-19)8-18-10-16-9-17-18/h4-6,9-10,13,19-20H,7-8H2,1-3H3/t13-,15+/m0/s1. The maximum Gasteiger partial charge on any atom is 0.137 e. The normalized spacial score (nSPS) is 15.8. The van der Waals surface area contributed by atoms with Crippen molar-refractivity contribution < 1.29 is 10.2 Å². The average molecular weight is 275 g/mol. The lowest BCUT2D eigenvalue weighted by atomic mass is 9.80. The Morgan fingerprint density at radius 3 is 2.65 bits per heavy atom. The van der Waals surface area contributed by atoms with Crippen molar-refractivity contribution in [2.24, 2.45) is 5.92 Å². The van der Waals surface area contributed by atoms with Crippen molar-refractivity contribution in [3.05, 3.63) is 47.5 Å². The predicted octanol–water partition coefficient (Wildman–Crippen LogP) is 1.41. The van der Waals surface area contributed by atoms with Crippen molar-refractivity contribution >= 4 is 0 Å². The molecule has 5 nitrogen and oxygen atoms in total. The van der Waals surface area contributed by atoms with E-state index in [0.29, 0.717) is 0 Å². The maximum absolute atomic E-state index is 11.1. The first-order valence-corrected chi connectivity index (χ1v) is 6.70. The van der Waals surface area contributed by atoms with Gasteiger partial charge in [-0.15, -0.1) is 0 Å². The Morgan fingerprint density at radius 2 is 2.10 bits per heavy atom. The fourth-order valence-electron chi connectivity index (χ4n) is 2.52. The smallest absolute Gasteiger partial charge is 0.137 e. The molecule has 0 amide bonds. The zero-order chi connectivity index (χ0) is 14.8. The molecular weight excluding hydrogens is 254 g/mol. The summed E-state index contributed by atoms with van der Waals surface area (Å²) in [7, 11) is 0. The molecule has 2 aromatic rings. The van der Waals surface area contributed by atoms with Crippen molar-refractivity contribution in [3.63, 3.8) is 0 Å². The number of aryl methyl sites for hydroxylation is 2. The third-order valence-corrected chi connectivity index (χ3v) is 3.81. The maximum atomic E-state index is 11.1. The van der Waals surface area contributed by atoms with Crippen LogP contribution in [0.3, 0.4) is 0 Å². The van der Waals surface area contributed by atoms with E-state index in [4.69, 9.17) is 0 Å². The first-order chi connectivity index (χ1) is 9.47. The second kappa shape index (κ2) is 5.73. The number of aromatic nitrogens is 3. The molecule has 0 saturated carbocycles. The Morgan fingerprint density at radius 1 is 1.35 bits per heavy atom. The largest absolute Gasteiger partial charge is 0.396 e. The van der Waals surface area contributed by atoms with Crippen LogP contribution in [-0.2, 0) is 12.1 Å². The molecule has 0 unspecified atom stereocenters. The number of benzene rings is 1. The van der Waals surface area contributed by atoms with Crippen LogP contribution in [0.1, 0.15) is 23.6 Å². The van der Waals surface area contributed by atoms with Crippen molar-refractivity contribution in [1.82, 2.24) is 14.8 Å². The van der Waals surface area contributed by atoms with Crippen LogP contribution in [0.15, 0.2) is 30.9 Å². The summed E-state index contributed by atoms with van der Waals surface area (Å²) in [6.07, 6.45) is 3.00. The summed E-state index contributed by atoms with van der Waals surface area (Å²) in [6.45, 7) is 5.98. The van der Waals surface area contributed by atoms with E-state index < -0.39 is 5.60 Å². The SMILES string of the molecule is Cc1ccc([C@@](O)(Cn2cncn2)[C@@H](C)CO)c(C)c1. The molecule has 0 saturated heterocycles. The summed E-state index contributed by atoms with van der Waals surface area (Å²) in [5, 5.41) is 24.7. The monoisotopic (exact) mass is 275 g/mol. The van der Waals surface area contributed by atoms with Crippen LogP contribution >= 0.6 is 0 Å². The molecule has 0 aliphatic heterocycles. The molecule has 20 heavy (non-hydrogen) atoms. The van der Waals surface area contributed by atoms with Gasteiger partial charge in [0.05, 0.1) is 6.54 Å². The van der Waals surface area contributed by atoms with Gasteiger partial charge < -0.3 is 10.2 Å².